The van der Waals surface area contributed by atoms with Crippen molar-refractivity contribution in [2.45, 2.75) is 38.1 Å². The van der Waals surface area contributed by atoms with Crippen LogP contribution in [0, 0.1) is 10.3 Å². The minimum Gasteiger partial charge on any atom is -0.249 e. The normalized spacial score (nSPS) is 23.8. The highest BCUT2D eigenvalue weighted by Gasteiger charge is 2.40. The lowest BCUT2D eigenvalue weighted by Crippen LogP contribution is -2.39. The molecular weight excluding hydrogens is 193 g/mol. The van der Waals surface area contributed by atoms with Gasteiger partial charge in [-0.25, -0.2) is 4.39 Å². The summed E-state index contributed by atoms with van der Waals surface area (Å²) in [5.41, 5.74) is -0.351. The first kappa shape index (κ1) is 10.9. The Kier molecular flexibility index (Phi) is 4.10. The van der Waals surface area contributed by atoms with Crippen molar-refractivity contribution in [2.75, 3.05) is 12.6 Å². The molecule has 0 saturated heterocycles. The number of hydrogen-bond donors (Lipinski definition) is 0. The molecule has 13 heavy (non-hydrogen) atoms. The number of hydrogen-bond acceptors (Lipinski definition) is 2. The molecule has 0 aromatic rings. The summed E-state index contributed by atoms with van der Waals surface area (Å²) in [7, 11) is 0. The topological polar surface area (TPSA) is 29.4 Å². The lowest BCUT2D eigenvalue weighted by Gasteiger charge is -2.37. The van der Waals surface area contributed by atoms with Crippen LogP contribution in [-0.2, 0) is 0 Å². The monoisotopic (exact) mass is 207 g/mol. The van der Waals surface area contributed by atoms with E-state index in [0.29, 0.717) is 5.88 Å². The molecule has 0 aromatic heterocycles. The van der Waals surface area contributed by atoms with Gasteiger partial charge in [-0.1, -0.05) is 24.4 Å². The molecule has 0 N–H and O–H groups in total. The van der Waals surface area contributed by atoms with Gasteiger partial charge in [0.05, 0.1) is 0 Å². The second-order valence-corrected chi connectivity index (χ2v) is 4.10. The summed E-state index contributed by atoms with van der Waals surface area (Å²) in [5.74, 6) is 0.354. The van der Waals surface area contributed by atoms with Crippen molar-refractivity contribution in [3.63, 3.8) is 0 Å². The van der Waals surface area contributed by atoms with Gasteiger partial charge in [-0.15, -0.1) is 11.6 Å². The lowest BCUT2D eigenvalue weighted by atomic mass is 9.71. The average molecular weight is 208 g/mol. The Morgan fingerprint density at radius 3 is 2.38 bits per heavy atom. The summed E-state index contributed by atoms with van der Waals surface area (Å²) in [6, 6.07) is -0.731. The van der Waals surface area contributed by atoms with Crippen molar-refractivity contribution >= 4 is 11.6 Å². The van der Waals surface area contributed by atoms with E-state index in [4.69, 9.17) is 11.6 Å². The summed E-state index contributed by atoms with van der Waals surface area (Å²) < 4.78 is 12.5. The van der Waals surface area contributed by atoms with Crippen molar-refractivity contribution in [1.29, 1.82) is 0 Å². The summed E-state index contributed by atoms with van der Waals surface area (Å²) >= 11 is 5.82. The Hall–Kier alpha value is -0.180. The Morgan fingerprint density at radius 2 is 2.00 bits per heavy atom. The first-order valence-electron chi connectivity index (χ1n) is 4.73. The maximum absolute atomic E-state index is 12.5. The number of halogens is 2. The summed E-state index contributed by atoms with van der Waals surface area (Å²) in [6.07, 6.45) is 4.93. The molecule has 0 spiro atoms. The minimum atomic E-state index is -0.731. The first-order valence-corrected chi connectivity index (χ1v) is 5.27. The van der Waals surface area contributed by atoms with Gasteiger partial charge in [-0.2, -0.15) is 4.91 Å². The fraction of sp³-hybridized carbons (Fsp3) is 1.00. The molecule has 0 aromatic carbocycles. The molecule has 0 heterocycles. The number of nitroso groups, excluding NO2 is 1. The largest absolute Gasteiger partial charge is 0.249 e. The number of rotatable bonds is 4. The second-order valence-electron chi connectivity index (χ2n) is 3.83. The Labute approximate surface area is 82.8 Å². The molecule has 0 radical (unpaired) electrons. The van der Waals surface area contributed by atoms with E-state index >= 15 is 0 Å². The molecule has 1 aliphatic rings. The predicted octanol–water partition coefficient (Wildman–Crippen LogP) is 3.28. The highest BCUT2D eigenvalue weighted by atomic mass is 35.5. The third-order valence-corrected chi connectivity index (χ3v) is 3.63. The predicted molar refractivity (Wildman–Crippen MR) is 51.8 cm³/mol. The van der Waals surface area contributed by atoms with Gasteiger partial charge in [-0.3, -0.25) is 0 Å². The zero-order valence-electron chi connectivity index (χ0n) is 7.64. The summed E-state index contributed by atoms with van der Waals surface area (Å²) in [6.45, 7) is -0.670. The molecule has 0 amide bonds. The fourth-order valence-electron chi connectivity index (χ4n) is 2.12. The zero-order valence-corrected chi connectivity index (χ0v) is 8.39. The van der Waals surface area contributed by atoms with Crippen LogP contribution in [0.1, 0.15) is 32.1 Å². The minimum absolute atomic E-state index is 0.351. The van der Waals surface area contributed by atoms with Crippen LogP contribution in [0.25, 0.3) is 0 Å². The van der Waals surface area contributed by atoms with Crippen LogP contribution in [0.2, 0.25) is 0 Å². The lowest BCUT2D eigenvalue weighted by molar-refractivity contribution is 0.153. The van der Waals surface area contributed by atoms with Crippen LogP contribution in [0.4, 0.5) is 4.39 Å². The maximum Gasteiger partial charge on any atom is 0.127 e. The van der Waals surface area contributed by atoms with Crippen molar-refractivity contribution in [2.24, 2.45) is 10.6 Å². The van der Waals surface area contributed by atoms with E-state index in [2.05, 4.69) is 5.18 Å². The van der Waals surface area contributed by atoms with E-state index in [0.717, 1.165) is 32.1 Å². The third-order valence-electron chi connectivity index (χ3n) is 3.10. The summed E-state index contributed by atoms with van der Waals surface area (Å²) in [5, 5.41) is 2.86. The van der Waals surface area contributed by atoms with E-state index in [-0.39, 0.29) is 5.41 Å². The highest BCUT2D eigenvalue weighted by Crippen LogP contribution is 2.41. The molecule has 4 heteroatoms. The fourth-order valence-corrected chi connectivity index (χ4v) is 2.56. The molecule has 2 nitrogen and oxygen atoms in total. The second kappa shape index (κ2) is 4.89. The van der Waals surface area contributed by atoms with Crippen LogP contribution < -0.4 is 0 Å². The van der Waals surface area contributed by atoms with Gasteiger partial charge in [0, 0.05) is 11.3 Å². The van der Waals surface area contributed by atoms with Gasteiger partial charge in [0.15, 0.2) is 0 Å². The van der Waals surface area contributed by atoms with Crippen molar-refractivity contribution in [3.05, 3.63) is 4.91 Å². The van der Waals surface area contributed by atoms with Gasteiger partial charge >= 0.3 is 0 Å². The molecule has 1 saturated carbocycles. The van der Waals surface area contributed by atoms with Gasteiger partial charge in [0.1, 0.15) is 12.7 Å². The van der Waals surface area contributed by atoms with Crippen LogP contribution in [0.3, 0.4) is 0 Å². The smallest absolute Gasteiger partial charge is 0.127 e. The van der Waals surface area contributed by atoms with Crippen LogP contribution in [0.15, 0.2) is 5.18 Å². The van der Waals surface area contributed by atoms with E-state index < -0.39 is 12.7 Å². The standard InChI is InChI=1S/C9H15ClFNO/c10-7-9(8(6-11)12-13)4-2-1-3-5-9/h8H,1-7H2. The van der Waals surface area contributed by atoms with Crippen LogP contribution in [-0.4, -0.2) is 18.6 Å². The van der Waals surface area contributed by atoms with Crippen LogP contribution >= 0.6 is 11.6 Å². The van der Waals surface area contributed by atoms with Gasteiger partial charge < -0.3 is 0 Å². The highest BCUT2D eigenvalue weighted by molar-refractivity contribution is 6.18. The molecule has 1 fully saturated rings. The van der Waals surface area contributed by atoms with Gasteiger partial charge in [0.2, 0.25) is 0 Å². The third kappa shape index (κ3) is 2.19. The molecule has 1 rings (SSSR count). The maximum atomic E-state index is 12.5. The van der Waals surface area contributed by atoms with Gasteiger partial charge in [-0.05, 0) is 12.8 Å². The van der Waals surface area contributed by atoms with E-state index in [1.165, 1.54) is 0 Å². The molecule has 0 aliphatic heterocycles. The molecular formula is C9H15ClFNO. The Morgan fingerprint density at radius 1 is 1.38 bits per heavy atom. The molecule has 76 valence electrons. The molecule has 1 atom stereocenters. The van der Waals surface area contributed by atoms with E-state index in [1.807, 2.05) is 0 Å². The number of nitrogens with zero attached hydrogens (tertiary/aromatic N) is 1. The van der Waals surface area contributed by atoms with Crippen molar-refractivity contribution in [3.8, 4) is 0 Å². The number of alkyl halides is 2. The van der Waals surface area contributed by atoms with E-state index in [1.54, 1.807) is 0 Å². The Balaban J connectivity index is 2.70. The SMILES string of the molecule is O=NC(CF)C1(CCl)CCCCC1. The average Bonchev–Trinajstić information content (AvgIpc) is 2.21. The van der Waals surface area contributed by atoms with Crippen LogP contribution in [0.5, 0.6) is 0 Å². The molecule has 0 bridgehead atoms. The van der Waals surface area contributed by atoms with E-state index in [9.17, 15) is 9.30 Å². The zero-order chi connectivity index (χ0) is 9.73. The summed E-state index contributed by atoms with van der Waals surface area (Å²) in [4.78, 5) is 10.5. The van der Waals surface area contributed by atoms with Gasteiger partial charge in [0.25, 0.3) is 0 Å². The van der Waals surface area contributed by atoms with Crippen molar-refractivity contribution in [1.82, 2.24) is 0 Å². The Bertz CT molecular complexity index is 171. The molecule has 1 aliphatic carbocycles. The molecule has 1 unspecified atom stereocenters. The quantitative estimate of drug-likeness (QED) is 0.514. The van der Waals surface area contributed by atoms with Crippen molar-refractivity contribution < 1.29 is 4.39 Å². The first-order chi connectivity index (χ1) is 6.29.